The lowest BCUT2D eigenvalue weighted by atomic mass is 10.1. The first-order valence-electron chi connectivity index (χ1n) is 6.08. The summed E-state index contributed by atoms with van der Waals surface area (Å²) in [4.78, 5) is 0. The quantitative estimate of drug-likeness (QED) is 0.360. The number of nitrogens with one attached hydrogen (secondary N) is 1. The highest BCUT2D eigenvalue weighted by Crippen LogP contribution is 2.31. The second-order valence-corrected chi connectivity index (χ2v) is 6.53. The number of nitrogens with two attached hydrogens (primary N) is 1. The second-order valence-electron chi connectivity index (χ2n) is 4.45. The highest BCUT2D eigenvalue weighted by molar-refractivity contribution is 14.1. The molecule has 0 bridgehead atoms. The lowest BCUT2D eigenvalue weighted by Gasteiger charge is -2.15. The van der Waals surface area contributed by atoms with Gasteiger partial charge >= 0.3 is 0 Å². The van der Waals surface area contributed by atoms with Crippen LogP contribution in [0.1, 0.15) is 17.4 Å². The molecule has 0 saturated carbocycles. The standard InChI is InChI=1S/C15H12BrIN2O/c16-10-5-6-12(17)11(8-10)15(19-18)14-7-9-3-1-2-4-13(9)20-14/h1-8,15,19H,18H2. The number of rotatable bonds is 3. The molecule has 0 saturated heterocycles. The predicted molar refractivity (Wildman–Crippen MR) is 92.2 cm³/mol. The van der Waals surface area contributed by atoms with Gasteiger partial charge in [-0.3, -0.25) is 5.84 Å². The van der Waals surface area contributed by atoms with Crippen molar-refractivity contribution in [3.05, 3.63) is 67.9 Å². The van der Waals surface area contributed by atoms with Crippen LogP contribution in [0.15, 0.2) is 57.4 Å². The maximum atomic E-state index is 5.91. The predicted octanol–water partition coefficient (Wildman–Crippen LogP) is 4.35. The molecule has 5 heteroatoms. The number of fused-ring (bicyclic) bond motifs is 1. The Morgan fingerprint density at radius 1 is 1.15 bits per heavy atom. The summed E-state index contributed by atoms with van der Waals surface area (Å²) < 4.78 is 8.06. The van der Waals surface area contributed by atoms with E-state index in [9.17, 15) is 0 Å². The van der Waals surface area contributed by atoms with Crippen LogP contribution in [-0.4, -0.2) is 0 Å². The Bertz CT molecular complexity index is 723. The molecule has 0 aliphatic carbocycles. The molecule has 0 amide bonds. The minimum atomic E-state index is -0.174. The highest BCUT2D eigenvalue weighted by atomic mass is 127. The molecule has 0 spiro atoms. The molecule has 0 fully saturated rings. The zero-order valence-corrected chi connectivity index (χ0v) is 14.2. The summed E-state index contributed by atoms with van der Waals surface area (Å²) in [6, 6.07) is 15.9. The van der Waals surface area contributed by atoms with Gasteiger partial charge in [0, 0.05) is 13.4 Å². The van der Waals surface area contributed by atoms with Crippen molar-refractivity contribution in [2.24, 2.45) is 5.84 Å². The fourth-order valence-electron chi connectivity index (χ4n) is 2.21. The third-order valence-corrected chi connectivity index (χ3v) is 4.64. The number of hydrazine groups is 1. The molecule has 0 radical (unpaired) electrons. The average Bonchev–Trinajstić information content (AvgIpc) is 2.87. The monoisotopic (exact) mass is 442 g/mol. The van der Waals surface area contributed by atoms with Crippen LogP contribution in [0.5, 0.6) is 0 Å². The smallest absolute Gasteiger partial charge is 0.134 e. The molecule has 1 heterocycles. The molecule has 0 aliphatic rings. The zero-order chi connectivity index (χ0) is 14.1. The summed E-state index contributed by atoms with van der Waals surface area (Å²) in [7, 11) is 0. The van der Waals surface area contributed by atoms with Crippen molar-refractivity contribution in [3.63, 3.8) is 0 Å². The number of furan rings is 1. The molecular formula is C15H12BrIN2O. The first-order valence-corrected chi connectivity index (χ1v) is 7.96. The van der Waals surface area contributed by atoms with Crippen LogP contribution >= 0.6 is 38.5 Å². The van der Waals surface area contributed by atoms with Gasteiger partial charge in [0.15, 0.2) is 0 Å². The van der Waals surface area contributed by atoms with E-state index in [1.807, 2.05) is 42.5 Å². The SMILES string of the molecule is NNC(c1cc2ccccc2o1)c1cc(Br)ccc1I. The van der Waals surface area contributed by atoms with Crippen LogP contribution in [0, 0.1) is 3.57 Å². The molecule has 2 aromatic carbocycles. The van der Waals surface area contributed by atoms with Crippen LogP contribution in [-0.2, 0) is 0 Å². The largest absolute Gasteiger partial charge is 0.459 e. The van der Waals surface area contributed by atoms with Gasteiger partial charge in [-0.25, -0.2) is 5.43 Å². The number of benzene rings is 2. The van der Waals surface area contributed by atoms with Crippen LogP contribution in [0.2, 0.25) is 0 Å². The van der Waals surface area contributed by atoms with E-state index in [2.05, 4.69) is 50.0 Å². The Labute approximate surface area is 138 Å². The minimum Gasteiger partial charge on any atom is -0.459 e. The van der Waals surface area contributed by atoms with Crippen molar-refractivity contribution in [2.45, 2.75) is 6.04 Å². The van der Waals surface area contributed by atoms with Gasteiger partial charge in [-0.05, 0) is 58.5 Å². The summed E-state index contributed by atoms with van der Waals surface area (Å²) in [6.07, 6.45) is 0. The van der Waals surface area contributed by atoms with E-state index in [0.29, 0.717) is 0 Å². The molecule has 1 unspecified atom stereocenters. The molecular weight excluding hydrogens is 431 g/mol. The lowest BCUT2D eigenvalue weighted by molar-refractivity contribution is 0.476. The van der Waals surface area contributed by atoms with E-state index in [1.165, 1.54) is 0 Å². The maximum absolute atomic E-state index is 5.91. The van der Waals surface area contributed by atoms with Gasteiger partial charge < -0.3 is 4.42 Å². The first-order chi connectivity index (χ1) is 9.69. The Kier molecular flexibility index (Phi) is 4.11. The topological polar surface area (TPSA) is 51.2 Å². The van der Waals surface area contributed by atoms with Gasteiger partial charge in [-0.2, -0.15) is 0 Å². The molecule has 3 rings (SSSR count). The van der Waals surface area contributed by atoms with E-state index < -0.39 is 0 Å². The summed E-state index contributed by atoms with van der Waals surface area (Å²) >= 11 is 5.80. The fourth-order valence-corrected chi connectivity index (χ4v) is 3.23. The van der Waals surface area contributed by atoms with Gasteiger partial charge in [0.25, 0.3) is 0 Å². The Morgan fingerprint density at radius 2 is 1.95 bits per heavy atom. The molecule has 1 aromatic heterocycles. The van der Waals surface area contributed by atoms with E-state index in [4.69, 9.17) is 10.3 Å². The average molecular weight is 443 g/mol. The van der Waals surface area contributed by atoms with Crippen LogP contribution < -0.4 is 11.3 Å². The van der Waals surface area contributed by atoms with Crippen LogP contribution in [0.3, 0.4) is 0 Å². The number of hydrogen-bond donors (Lipinski definition) is 2. The molecule has 3 aromatic rings. The lowest BCUT2D eigenvalue weighted by Crippen LogP contribution is -2.29. The highest BCUT2D eigenvalue weighted by Gasteiger charge is 2.19. The van der Waals surface area contributed by atoms with Gasteiger partial charge in [0.1, 0.15) is 17.4 Å². The van der Waals surface area contributed by atoms with Crippen molar-refractivity contribution in [2.75, 3.05) is 0 Å². The van der Waals surface area contributed by atoms with Crippen LogP contribution in [0.4, 0.5) is 0 Å². The van der Waals surface area contributed by atoms with Gasteiger partial charge in [-0.15, -0.1) is 0 Å². The van der Waals surface area contributed by atoms with Crippen molar-refractivity contribution in [1.82, 2.24) is 5.43 Å². The van der Waals surface area contributed by atoms with E-state index >= 15 is 0 Å². The summed E-state index contributed by atoms with van der Waals surface area (Å²) in [5.41, 5.74) is 4.80. The summed E-state index contributed by atoms with van der Waals surface area (Å²) in [5, 5.41) is 1.08. The normalized spacial score (nSPS) is 12.8. The van der Waals surface area contributed by atoms with Gasteiger partial charge in [-0.1, -0.05) is 34.1 Å². The van der Waals surface area contributed by atoms with Crippen molar-refractivity contribution in [1.29, 1.82) is 0 Å². The Hall–Kier alpha value is -0.890. The third kappa shape index (κ3) is 2.63. The second kappa shape index (κ2) is 5.85. The molecule has 1 atom stereocenters. The Balaban J connectivity index is 2.11. The van der Waals surface area contributed by atoms with E-state index in [0.717, 1.165) is 30.3 Å². The number of halogens is 2. The Morgan fingerprint density at radius 3 is 2.70 bits per heavy atom. The third-order valence-electron chi connectivity index (χ3n) is 3.16. The number of hydrogen-bond acceptors (Lipinski definition) is 3. The summed E-state index contributed by atoms with van der Waals surface area (Å²) in [5.74, 6) is 6.56. The molecule has 0 aliphatic heterocycles. The molecule has 20 heavy (non-hydrogen) atoms. The summed E-state index contributed by atoms with van der Waals surface area (Å²) in [6.45, 7) is 0. The first kappa shape index (κ1) is 14.1. The minimum absolute atomic E-state index is 0.174. The number of para-hydroxylation sites is 1. The van der Waals surface area contributed by atoms with Gasteiger partial charge in [0.05, 0.1) is 0 Å². The molecule has 3 N–H and O–H groups in total. The van der Waals surface area contributed by atoms with Crippen molar-refractivity contribution in [3.8, 4) is 0 Å². The van der Waals surface area contributed by atoms with E-state index in [-0.39, 0.29) is 6.04 Å². The fraction of sp³-hybridized carbons (Fsp3) is 0.0667. The van der Waals surface area contributed by atoms with Crippen molar-refractivity contribution >= 4 is 49.5 Å². The zero-order valence-electron chi connectivity index (χ0n) is 10.4. The van der Waals surface area contributed by atoms with Crippen LogP contribution in [0.25, 0.3) is 11.0 Å². The molecule has 102 valence electrons. The molecule has 3 nitrogen and oxygen atoms in total. The van der Waals surface area contributed by atoms with Crippen molar-refractivity contribution < 1.29 is 4.42 Å². The van der Waals surface area contributed by atoms with E-state index in [1.54, 1.807) is 0 Å². The van der Waals surface area contributed by atoms with Gasteiger partial charge in [0.2, 0.25) is 0 Å². The maximum Gasteiger partial charge on any atom is 0.134 e.